The van der Waals surface area contributed by atoms with Gasteiger partial charge in [0.2, 0.25) is 5.91 Å². The fourth-order valence-electron chi connectivity index (χ4n) is 1.48. The van der Waals surface area contributed by atoms with Gasteiger partial charge < -0.3 is 5.73 Å². The minimum absolute atomic E-state index is 0.191. The molecule has 1 heterocycles. The number of anilines is 1. The van der Waals surface area contributed by atoms with Gasteiger partial charge in [-0.05, 0) is 52.3 Å². The summed E-state index contributed by atoms with van der Waals surface area (Å²) in [6, 6.07) is 10.1. The van der Waals surface area contributed by atoms with Gasteiger partial charge in [-0.1, -0.05) is 0 Å². The van der Waals surface area contributed by atoms with Crippen LogP contribution in [0.4, 0.5) is 5.69 Å². The number of hydrogen-bond acceptors (Lipinski definition) is 4. The number of carbonyl (C=O) groups excluding carboxylic acids is 2. The van der Waals surface area contributed by atoms with Gasteiger partial charge in [-0.15, -0.1) is 11.3 Å². The number of hydrogen-bond donors (Lipinski definition) is 2. The first-order valence-electron chi connectivity index (χ1n) is 5.48. The molecule has 0 unspecified atom stereocenters. The Morgan fingerprint density at radius 2 is 1.84 bits per heavy atom. The number of thiophene rings is 1. The summed E-state index contributed by atoms with van der Waals surface area (Å²) < 4.78 is 0.958. The van der Waals surface area contributed by atoms with Crippen LogP contribution in [0.3, 0.4) is 0 Å². The monoisotopic (exact) mass is 338 g/mol. The molecular formula is C13H11BrN2O2S. The van der Waals surface area contributed by atoms with Gasteiger partial charge in [-0.2, -0.15) is 0 Å². The smallest absolute Gasteiger partial charge is 0.257 e. The highest BCUT2D eigenvalue weighted by molar-refractivity contribution is 9.11. The number of rotatable bonds is 3. The van der Waals surface area contributed by atoms with E-state index in [-0.39, 0.29) is 12.3 Å². The first-order valence-corrected chi connectivity index (χ1v) is 7.09. The van der Waals surface area contributed by atoms with Gasteiger partial charge in [-0.3, -0.25) is 14.9 Å². The second-order valence-electron chi connectivity index (χ2n) is 3.88. The minimum atomic E-state index is -0.416. The molecule has 0 bridgehead atoms. The molecule has 0 fully saturated rings. The zero-order valence-corrected chi connectivity index (χ0v) is 12.3. The third-order valence-electron chi connectivity index (χ3n) is 2.39. The fourth-order valence-corrected chi connectivity index (χ4v) is 2.96. The Hall–Kier alpha value is -1.66. The molecule has 2 rings (SSSR count). The van der Waals surface area contributed by atoms with Crippen LogP contribution in [-0.2, 0) is 11.2 Å². The average molecular weight is 339 g/mol. The molecule has 2 aromatic rings. The molecule has 0 saturated carbocycles. The van der Waals surface area contributed by atoms with E-state index in [0.717, 1.165) is 8.66 Å². The first kappa shape index (κ1) is 13.8. The normalized spacial score (nSPS) is 10.2. The summed E-state index contributed by atoms with van der Waals surface area (Å²) in [6.07, 6.45) is 0.191. The van der Waals surface area contributed by atoms with Crippen LogP contribution in [0.2, 0.25) is 0 Å². The number of imide groups is 1. The van der Waals surface area contributed by atoms with E-state index in [9.17, 15) is 9.59 Å². The lowest BCUT2D eigenvalue weighted by Gasteiger charge is -2.03. The lowest BCUT2D eigenvalue weighted by atomic mass is 10.2. The number of carbonyl (C=O) groups is 2. The minimum Gasteiger partial charge on any atom is -0.399 e. The van der Waals surface area contributed by atoms with Crippen LogP contribution in [-0.4, -0.2) is 11.8 Å². The molecule has 2 amide bonds. The second kappa shape index (κ2) is 5.99. The second-order valence-corrected chi connectivity index (χ2v) is 6.43. The summed E-state index contributed by atoms with van der Waals surface area (Å²) >= 11 is 4.79. The quantitative estimate of drug-likeness (QED) is 0.845. The van der Waals surface area contributed by atoms with Crippen LogP contribution in [0.25, 0.3) is 0 Å². The lowest BCUT2D eigenvalue weighted by Crippen LogP contribution is -2.31. The van der Waals surface area contributed by atoms with E-state index >= 15 is 0 Å². The third-order valence-corrected chi connectivity index (χ3v) is 4.01. The number of nitrogen functional groups attached to an aromatic ring is 1. The average Bonchev–Trinajstić information content (AvgIpc) is 2.75. The van der Waals surface area contributed by atoms with E-state index < -0.39 is 5.91 Å². The SMILES string of the molecule is Nc1ccc(C(=O)NC(=O)Cc2ccc(Br)s2)cc1. The van der Waals surface area contributed by atoms with E-state index in [0.29, 0.717) is 11.3 Å². The largest absolute Gasteiger partial charge is 0.399 e. The van der Waals surface area contributed by atoms with Crippen molar-refractivity contribution in [2.75, 3.05) is 5.73 Å². The van der Waals surface area contributed by atoms with E-state index in [2.05, 4.69) is 21.2 Å². The van der Waals surface area contributed by atoms with Crippen molar-refractivity contribution in [3.63, 3.8) is 0 Å². The van der Waals surface area contributed by atoms with Crippen LogP contribution >= 0.6 is 27.3 Å². The summed E-state index contributed by atoms with van der Waals surface area (Å²) in [7, 11) is 0. The Morgan fingerprint density at radius 3 is 2.42 bits per heavy atom. The molecule has 0 spiro atoms. The van der Waals surface area contributed by atoms with Crippen LogP contribution in [0, 0.1) is 0 Å². The van der Waals surface area contributed by atoms with E-state index in [1.54, 1.807) is 24.3 Å². The van der Waals surface area contributed by atoms with Crippen molar-refractivity contribution in [2.45, 2.75) is 6.42 Å². The van der Waals surface area contributed by atoms with Crippen LogP contribution in [0.1, 0.15) is 15.2 Å². The van der Waals surface area contributed by atoms with Crippen molar-refractivity contribution in [1.29, 1.82) is 0 Å². The van der Waals surface area contributed by atoms with Gasteiger partial charge in [0.15, 0.2) is 0 Å². The maximum atomic E-state index is 11.8. The molecule has 0 radical (unpaired) electrons. The predicted octanol–water partition coefficient (Wildman–Crippen LogP) is 2.59. The molecule has 0 atom stereocenters. The number of nitrogens with one attached hydrogen (secondary N) is 1. The number of nitrogens with two attached hydrogens (primary N) is 1. The molecular weight excluding hydrogens is 328 g/mol. The number of halogens is 1. The van der Waals surface area contributed by atoms with Crippen molar-refractivity contribution in [3.05, 3.63) is 50.6 Å². The topological polar surface area (TPSA) is 72.2 Å². The molecule has 6 heteroatoms. The van der Waals surface area contributed by atoms with Crippen molar-refractivity contribution < 1.29 is 9.59 Å². The first-order chi connectivity index (χ1) is 9.04. The van der Waals surface area contributed by atoms with Gasteiger partial charge >= 0.3 is 0 Å². The summed E-state index contributed by atoms with van der Waals surface area (Å²) in [6.45, 7) is 0. The molecule has 1 aromatic carbocycles. The van der Waals surface area contributed by atoms with Crippen LogP contribution in [0.15, 0.2) is 40.2 Å². The molecule has 4 nitrogen and oxygen atoms in total. The molecule has 0 aliphatic rings. The lowest BCUT2D eigenvalue weighted by molar-refractivity contribution is -0.119. The third kappa shape index (κ3) is 3.90. The van der Waals surface area contributed by atoms with Gasteiger partial charge in [0, 0.05) is 16.1 Å². The summed E-state index contributed by atoms with van der Waals surface area (Å²) in [5, 5.41) is 2.35. The summed E-state index contributed by atoms with van der Waals surface area (Å²) in [4.78, 5) is 24.4. The molecule has 19 heavy (non-hydrogen) atoms. The Morgan fingerprint density at radius 1 is 1.16 bits per heavy atom. The van der Waals surface area contributed by atoms with E-state index in [1.165, 1.54) is 11.3 Å². The summed E-state index contributed by atoms with van der Waals surface area (Å²) in [5.41, 5.74) is 6.52. The maximum absolute atomic E-state index is 11.8. The highest BCUT2D eigenvalue weighted by Crippen LogP contribution is 2.22. The van der Waals surface area contributed by atoms with Crippen LogP contribution < -0.4 is 11.1 Å². The highest BCUT2D eigenvalue weighted by Gasteiger charge is 2.11. The standard InChI is InChI=1S/C13H11BrN2O2S/c14-11-6-5-10(19-11)7-12(17)16-13(18)8-1-3-9(15)4-2-8/h1-6H,7,15H2,(H,16,17,18). The molecule has 0 aliphatic carbocycles. The van der Waals surface area contributed by atoms with E-state index in [1.807, 2.05) is 12.1 Å². The zero-order valence-electron chi connectivity index (χ0n) is 9.85. The van der Waals surface area contributed by atoms with Crippen molar-refractivity contribution in [3.8, 4) is 0 Å². The zero-order chi connectivity index (χ0) is 13.8. The Kier molecular flexibility index (Phi) is 4.34. The molecule has 98 valence electrons. The van der Waals surface area contributed by atoms with Gasteiger partial charge in [0.05, 0.1) is 10.2 Å². The molecule has 3 N–H and O–H groups in total. The number of benzene rings is 1. The van der Waals surface area contributed by atoms with Crippen molar-refractivity contribution in [2.24, 2.45) is 0 Å². The van der Waals surface area contributed by atoms with Crippen LogP contribution in [0.5, 0.6) is 0 Å². The Labute approximate surface area is 122 Å². The highest BCUT2D eigenvalue weighted by atomic mass is 79.9. The maximum Gasteiger partial charge on any atom is 0.257 e. The number of amides is 2. The van der Waals surface area contributed by atoms with E-state index in [4.69, 9.17) is 5.73 Å². The van der Waals surface area contributed by atoms with Gasteiger partial charge in [0.1, 0.15) is 0 Å². The molecule has 0 aliphatic heterocycles. The summed E-state index contributed by atoms with van der Waals surface area (Å²) in [5.74, 6) is -0.739. The van der Waals surface area contributed by atoms with Gasteiger partial charge in [0.25, 0.3) is 5.91 Å². The fraction of sp³-hybridized carbons (Fsp3) is 0.0769. The Bertz CT molecular complexity index is 607. The van der Waals surface area contributed by atoms with Crippen molar-refractivity contribution >= 4 is 44.8 Å². The molecule has 0 saturated heterocycles. The van der Waals surface area contributed by atoms with Crippen molar-refractivity contribution in [1.82, 2.24) is 5.32 Å². The predicted molar refractivity (Wildman–Crippen MR) is 79.1 cm³/mol. The molecule has 1 aromatic heterocycles. The Balaban J connectivity index is 1.95. The van der Waals surface area contributed by atoms with Gasteiger partial charge in [-0.25, -0.2) is 0 Å².